The molecule has 0 unspecified atom stereocenters. The number of nitrogens with zero attached hydrogens (tertiary/aromatic N) is 2. The van der Waals surface area contributed by atoms with E-state index in [0.29, 0.717) is 6.61 Å². The minimum absolute atomic E-state index is 0.123. The summed E-state index contributed by atoms with van der Waals surface area (Å²) in [5, 5.41) is 4.21. The average Bonchev–Trinajstić information content (AvgIpc) is 2.81. The molecule has 2 saturated heterocycles. The van der Waals surface area contributed by atoms with Gasteiger partial charge in [0.25, 0.3) is 0 Å². The number of ether oxygens (including phenoxy) is 2. The lowest BCUT2D eigenvalue weighted by atomic mass is 9.96. The summed E-state index contributed by atoms with van der Waals surface area (Å²) in [6, 6.07) is 0. The fourth-order valence-corrected chi connectivity index (χ4v) is 2.92. The number of fused-ring (bicyclic) bond motifs is 1. The summed E-state index contributed by atoms with van der Waals surface area (Å²) >= 11 is 3.51. The summed E-state index contributed by atoms with van der Waals surface area (Å²) in [4.78, 5) is 0. The van der Waals surface area contributed by atoms with Crippen LogP contribution in [-0.4, -0.2) is 29.1 Å². The molecule has 1 aromatic rings. The number of hydrogen-bond donors (Lipinski definition) is 0. The number of aryl methyl sites for hydroxylation is 1. The fraction of sp³-hybridized carbons (Fsp3) is 0.667. The van der Waals surface area contributed by atoms with Crippen LogP contribution >= 0.6 is 15.9 Å². The normalized spacial score (nSPS) is 35.4. The van der Waals surface area contributed by atoms with E-state index in [4.69, 9.17) is 9.47 Å². The van der Waals surface area contributed by atoms with E-state index in [1.165, 1.54) is 0 Å². The lowest BCUT2D eigenvalue weighted by molar-refractivity contribution is 0.0958. The second-order valence-electron chi connectivity index (χ2n) is 3.79. The molecule has 3 rings (SSSR count). The highest BCUT2D eigenvalue weighted by atomic mass is 79.9. The zero-order chi connectivity index (χ0) is 9.76. The number of epoxide rings is 1. The predicted octanol–water partition coefficient (Wildman–Crippen LogP) is 1.20. The predicted molar refractivity (Wildman–Crippen MR) is 52.9 cm³/mol. The van der Waals surface area contributed by atoms with Crippen molar-refractivity contribution in [3.63, 3.8) is 0 Å². The molecular weight excluding hydrogens is 248 g/mol. The van der Waals surface area contributed by atoms with E-state index in [2.05, 4.69) is 21.0 Å². The summed E-state index contributed by atoms with van der Waals surface area (Å²) < 4.78 is 14.0. The van der Waals surface area contributed by atoms with Gasteiger partial charge in [-0.1, -0.05) is 0 Å². The number of rotatable bonds is 1. The van der Waals surface area contributed by atoms with Crippen LogP contribution < -0.4 is 0 Å². The van der Waals surface area contributed by atoms with Gasteiger partial charge in [0.15, 0.2) is 0 Å². The highest BCUT2D eigenvalue weighted by molar-refractivity contribution is 9.10. The molecule has 76 valence electrons. The molecule has 0 saturated carbocycles. The summed E-state index contributed by atoms with van der Waals surface area (Å²) in [7, 11) is 1.95. The van der Waals surface area contributed by atoms with Crippen molar-refractivity contribution in [1.82, 2.24) is 9.78 Å². The molecule has 14 heavy (non-hydrogen) atoms. The van der Waals surface area contributed by atoms with Gasteiger partial charge < -0.3 is 9.47 Å². The number of hydrogen-bond acceptors (Lipinski definition) is 3. The highest BCUT2D eigenvalue weighted by Gasteiger charge is 2.61. The number of aromatic nitrogens is 2. The quantitative estimate of drug-likeness (QED) is 0.711. The van der Waals surface area contributed by atoms with Gasteiger partial charge in [-0.25, -0.2) is 0 Å². The Morgan fingerprint density at radius 2 is 2.57 bits per heavy atom. The molecule has 0 N–H and O–H groups in total. The van der Waals surface area contributed by atoms with Crippen molar-refractivity contribution in [1.29, 1.82) is 0 Å². The van der Waals surface area contributed by atoms with Crippen LogP contribution in [-0.2, 0) is 22.1 Å². The molecule has 2 fully saturated rings. The Morgan fingerprint density at radius 3 is 3.21 bits per heavy atom. The molecular formula is C9H11BrN2O2. The standard InChI is InChI=1S/C9H11BrN2O2/c1-12-8(6(10)4-11-12)9-2-3-13-5-7(9)14-9/h4,7H,2-3,5H2,1H3/t7-,9+/m0/s1. The van der Waals surface area contributed by atoms with E-state index in [1.54, 1.807) is 0 Å². The van der Waals surface area contributed by atoms with Gasteiger partial charge in [0.2, 0.25) is 0 Å². The van der Waals surface area contributed by atoms with Crippen LogP contribution in [0.1, 0.15) is 12.1 Å². The van der Waals surface area contributed by atoms with E-state index in [1.807, 2.05) is 17.9 Å². The molecule has 2 aliphatic heterocycles. The lowest BCUT2D eigenvalue weighted by Gasteiger charge is -2.18. The van der Waals surface area contributed by atoms with E-state index >= 15 is 0 Å². The largest absolute Gasteiger partial charge is 0.378 e. The smallest absolute Gasteiger partial charge is 0.142 e. The van der Waals surface area contributed by atoms with Crippen molar-refractivity contribution in [2.24, 2.45) is 7.05 Å². The van der Waals surface area contributed by atoms with Gasteiger partial charge in [0.05, 0.1) is 23.0 Å². The molecule has 0 aromatic carbocycles. The molecule has 2 aliphatic rings. The van der Waals surface area contributed by atoms with E-state index in [9.17, 15) is 0 Å². The Kier molecular flexibility index (Phi) is 1.78. The van der Waals surface area contributed by atoms with E-state index in [-0.39, 0.29) is 11.7 Å². The Hall–Kier alpha value is -0.390. The van der Waals surface area contributed by atoms with Crippen LogP contribution in [0.3, 0.4) is 0 Å². The molecule has 0 bridgehead atoms. The first-order valence-corrected chi connectivity index (χ1v) is 5.47. The van der Waals surface area contributed by atoms with Gasteiger partial charge in [0, 0.05) is 20.1 Å². The molecule has 0 radical (unpaired) electrons. The van der Waals surface area contributed by atoms with Crippen LogP contribution in [0.4, 0.5) is 0 Å². The molecule has 0 spiro atoms. The Balaban J connectivity index is 2.03. The fourth-order valence-electron chi connectivity index (χ4n) is 2.24. The average molecular weight is 259 g/mol. The third kappa shape index (κ3) is 1.03. The first kappa shape index (κ1) is 8.88. The molecule has 0 aliphatic carbocycles. The topological polar surface area (TPSA) is 39.6 Å². The van der Waals surface area contributed by atoms with Crippen molar-refractivity contribution < 1.29 is 9.47 Å². The maximum Gasteiger partial charge on any atom is 0.142 e. The first-order valence-electron chi connectivity index (χ1n) is 4.67. The van der Waals surface area contributed by atoms with Crippen LogP contribution in [0.5, 0.6) is 0 Å². The van der Waals surface area contributed by atoms with Crippen molar-refractivity contribution in [2.75, 3.05) is 13.2 Å². The van der Waals surface area contributed by atoms with Gasteiger partial charge in [0.1, 0.15) is 11.7 Å². The van der Waals surface area contributed by atoms with E-state index < -0.39 is 0 Å². The van der Waals surface area contributed by atoms with Gasteiger partial charge in [-0.3, -0.25) is 4.68 Å². The molecule has 5 heteroatoms. The zero-order valence-electron chi connectivity index (χ0n) is 7.86. The first-order chi connectivity index (χ1) is 6.74. The molecule has 1 aromatic heterocycles. The summed E-state index contributed by atoms with van der Waals surface area (Å²) in [6.45, 7) is 1.48. The maximum atomic E-state index is 5.76. The van der Waals surface area contributed by atoms with Crippen LogP contribution in [0.15, 0.2) is 10.7 Å². The van der Waals surface area contributed by atoms with Gasteiger partial charge in [-0.2, -0.15) is 5.10 Å². The van der Waals surface area contributed by atoms with Gasteiger partial charge in [-0.15, -0.1) is 0 Å². The Morgan fingerprint density at radius 1 is 1.71 bits per heavy atom. The minimum atomic E-state index is -0.123. The van der Waals surface area contributed by atoms with Crippen molar-refractivity contribution in [2.45, 2.75) is 18.1 Å². The summed E-state index contributed by atoms with van der Waals surface area (Å²) in [5.74, 6) is 0. The monoisotopic (exact) mass is 258 g/mol. The molecule has 3 heterocycles. The lowest BCUT2D eigenvalue weighted by Crippen LogP contribution is -2.27. The molecule has 4 nitrogen and oxygen atoms in total. The second-order valence-corrected chi connectivity index (χ2v) is 4.64. The van der Waals surface area contributed by atoms with Crippen LogP contribution in [0.25, 0.3) is 0 Å². The SMILES string of the molecule is Cn1ncc(Br)c1[C@@]12CCOC[C@@H]1O2. The Labute approximate surface area is 90.3 Å². The van der Waals surface area contributed by atoms with Crippen LogP contribution in [0.2, 0.25) is 0 Å². The van der Waals surface area contributed by atoms with Crippen molar-refractivity contribution >= 4 is 15.9 Å². The minimum Gasteiger partial charge on any atom is -0.378 e. The summed E-state index contributed by atoms with van der Waals surface area (Å²) in [6.07, 6.45) is 2.97. The third-order valence-electron chi connectivity index (χ3n) is 3.00. The Bertz CT molecular complexity index is 359. The van der Waals surface area contributed by atoms with Crippen molar-refractivity contribution in [3.05, 3.63) is 16.4 Å². The zero-order valence-corrected chi connectivity index (χ0v) is 9.45. The molecule has 2 atom stereocenters. The van der Waals surface area contributed by atoms with Gasteiger partial charge in [-0.05, 0) is 15.9 Å². The maximum absolute atomic E-state index is 5.76. The van der Waals surface area contributed by atoms with Gasteiger partial charge >= 0.3 is 0 Å². The second kappa shape index (κ2) is 2.81. The van der Waals surface area contributed by atoms with E-state index in [0.717, 1.165) is 23.2 Å². The third-order valence-corrected chi connectivity index (χ3v) is 3.58. The number of halogens is 1. The molecule has 0 amide bonds. The summed E-state index contributed by atoms with van der Waals surface area (Å²) in [5.41, 5.74) is 1.02. The van der Waals surface area contributed by atoms with Crippen molar-refractivity contribution in [3.8, 4) is 0 Å². The van der Waals surface area contributed by atoms with Crippen LogP contribution in [0, 0.1) is 0 Å². The highest BCUT2D eigenvalue weighted by Crippen LogP contribution is 2.52.